The molecule has 0 aromatic rings. The van der Waals surface area contributed by atoms with Crippen LogP contribution in [-0.2, 0) is 24.0 Å². The van der Waals surface area contributed by atoms with Crippen LogP contribution in [0.5, 0.6) is 0 Å². The maximum absolute atomic E-state index is 12.9. The van der Waals surface area contributed by atoms with E-state index in [1.54, 1.807) is 20.8 Å². The Balaban J connectivity index is 5.62. The molecule has 0 rings (SSSR count). The first-order valence-corrected chi connectivity index (χ1v) is 11.4. The molecule has 0 saturated heterocycles. The van der Waals surface area contributed by atoms with Crippen molar-refractivity contribution in [2.45, 2.75) is 91.4 Å². The highest BCUT2D eigenvalue weighted by atomic mass is 16.4. The molecule has 190 valence electrons. The van der Waals surface area contributed by atoms with E-state index in [9.17, 15) is 34.2 Å². The number of carbonyl (C=O) groups excluding carboxylic acids is 3. The molecule has 0 aliphatic rings. The van der Waals surface area contributed by atoms with E-state index in [4.69, 9.17) is 5.73 Å². The first-order valence-electron chi connectivity index (χ1n) is 11.4. The Kier molecular flexibility index (Phi) is 13.3. The number of amides is 3. The van der Waals surface area contributed by atoms with Crippen molar-refractivity contribution in [2.24, 2.45) is 23.5 Å². The van der Waals surface area contributed by atoms with Gasteiger partial charge >= 0.3 is 11.9 Å². The molecule has 0 radical (unpaired) electrons. The Morgan fingerprint density at radius 2 is 1.27 bits per heavy atom. The van der Waals surface area contributed by atoms with Crippen LogP contribution < -0.4 is 21.7 Å². The number of carboxylic acid groups (broad SMARTS) is 2. The summed E-state index contributed by atoms with van der Waals surface area (Å²) in [5.41, 5.74) is 5.88. The third-order valence-electron chi connectivity index (χ3n) is 5.69. The first-order chi connectivity index (χ1) is 15.2. The minimum absolute atomic E-state index is 0.00733. The molecule has 0 spiro atoms. The number of aliphatic carboxylic acids is 2. The molecule has 6 unspecified atom stereocenters. The van der Waals surface area contributed by atoms with E-state index in [0.29, 0.717) is 12.8 Å². The second-order valence-electron chi connectivity index (χ2n) is 8.97. The SMILES string of the molecule is CCC(C)C(N)C(=O)NC(CC(=O)O)C(=O)NC(C(=O)NC(CC(C)C)C(=O)O)C(C)CC. The molecule has 0 aromatic carbocycles. The summed E-state index contributed by atoms with van der Waals surface area (Å²) in [6.45, 7) is 10.7. The highest BCUT2D eigenvalue weighted by molar-refractivity contribution is 5.95. The first kappa shape index (κ1) is 30.3. The highest BCUT2D eigenvalue weighted by Crippen LogP contribution is 2.12. The van der Waals surface area contributed by atoms with Crippen LogP contribution in [0.3, 0.4) is 0 Å². The summed E-state index contributed by atoms with van der Waals surface area (Å²) in [6.07, 6.45) is 0.592. The Morgan fingerprint density at radius 3 is 1.70 bits per heavy atom. The Labute approximate surface area is 195 Å². The fourth-order valence-electron chi connectivity index (χ4n) is 3.07. The van der Waals surface area contributed by atoms with Gasteiger partial charge in [-0.2, -0.15) is 0 Å². The molecule has 0 bridgehead atoms. The molecule has 0 aliphatic carbocycles. The number of rotatable bonds is 15. The van der Waals surface area contributed by atoms with E-state index in [0.717, 1.165) is 0 Å². The van der Waals surface area contributed by atoms with E-state index in [-0.39, 0.29) is 24.2 Å². The molecular formula is C22H40N4O7. The molecule has 7 N–H and O–H groups in total. The van der Waals surface area contributed by atoms with E-state index in [2.05, 4.69) is 16.0 Å². The number of nitrogens with one attached hydrogen (secondary N) is 3. The molecule has 0 heterocycles. The van der Waals surface area contributed by atoms with E-state index >= 15 is 0 Å². The summed E-state index contributed by atoms with van der Waals surface area (Å²) in [4.78, 5) is 61.0. The minimum Gasteiger partial charge on any atom is -0.481 e. The third-order valence-corrected chi connectivity index (χ3v) is 5.69. The number of carbonyl (C=O) groups is 5. The van der Waals surface area contributed by atoms with Crippen molar-refractivity contribution in [3.8, 4) is 0 Å². The minimum atomic E-state index is -1.45. The van der Waals surface area contributed by atoms with Crippen LogP contribution >= 0.6 is 0 Å². The molecule has 33 heavy (non-hydrogen) atoms. The monoisotopic (exact) mass is 472 g/mol. The lowest BCUT2D eigenvalue weighted by molar-refractivity contribution is -0.144. The average molecular weight is 473 g/mol. The van der Waals surface area contributed by atoms with Gasteiger partial charge in [-0.3, -0.25) is 19.2 Å². The van der Waals surface area contributed by atoms with Gasteiger partial charge in [-0.1, -0.05) is 54.4 Å². The quantitative estimate of drug-likeness (QED) is 0.198. The zero-order valence-electron chi connectivity index (χ0n) is 20.4. The van der Waals surface area contributed by atoms with Gasteiger partial charge in [-0.25, -0.2) is 4.79 Å². The lowest BCUT2D eigenvalue weighted by Gasteiger charge is -2.28. The van der Waals surface area contributed by atoms with Gasteiger partial charge in [0.05, 0.1) is 12.5 Å². The van der Waals surface area contributed by atoms with Gasteiger partial charge < -0.3 is 31.9 Å². The Morgan fingerprint density at radius 1 is 0.758 bits per heavy atom. The maximum Gasteiger partial charge on any atom is 0.326 e. The van der Waals surface area contributed by atoms with Gasteiger partial charge in [0.15, 0.2) is 0 Å². The topological polar surface area (TPSA) is 188 Å². The fraction of sp³-hybridized carbons (Fsp3) is 0.773. The molecule has 0 saturated carbocycles. The number of hydrogen-bond donors (Lipinski definition) is 6. The van der Waals surface area contributed by atoms with Gasteiger partial charge in [0.2, 0.25) is 17.7 Å². The van der Waals surface area contributed by atoms with Crippen LogP contribution in [0, 0.1) is 17.8 Å². The number of hydrogen-bond acceptors (Lipinski definition) is 6. The smallest absolute Gasteiger partial charge is 0.326 e. The summed E-state index contributed by atoms with van der Waals surface area (Å²) in [7, 11) is 0. The largest absolute Gasteiger partial charge is 0.481 e. The average Bonchev–Trinajstić information content (AvgIpc) is 2.73. The number of nitrogens with two attached hydrogens (primary N) is 1. The van der Waals surface area contributed by atoms with Crippen LogP contribution in [0.2, 0.25) is 0 Å². The Hall–Kier alpha value is -2.69. The van der Waals surface area contributed by atoms with Gasteiger partial charge in [0.1, 0.15) is 18.1 Å². The van der Waals surface area contributed by atoms with Crippen LogP contribution in [0.4, 0.5) is 0 Å². The van der Waals surface area contributed by atoms with Gasteiger partial charge in [-0.15, -0.1) is 0 Å². The van der Waals surface area contributed by atoms with Crippen molar-refractivity contribution in [1.82, 2.24) is 16.0 Å². The van der Waals surface area contributed by atoms with E-state index in [1.807, 2.05) is 20.8 Å². The fourth-order valence-corrected chi connectivity index (χ4v) is 3.07. The maximum atomic E-state index is 12.9. The molecule has 0 aromatic heterocycles. The molecule has 3 amide bonds. The molecule has 6 atom stereocenters. The van der Waals surface area contributed by atoms with Crippen LogP contribution in [-0.4, -0.2) is 64.0 Å². The zero-order valence-corrected chi connectivity index (χ0v) is 20.4. The van der Waals surface area contributed by atoms with Crippen LogP contribution in [0.15, 0.2) is 0 Å². The molecule has 0 fully saturated rings. The van der Waals surface area contributed by atoms with Crippen molar-refractivity contribution in [2.75, 3.05) is 0 Å². The lowest BCUT2D eigenvalue weighted by atomic mass is 9.96. The zero-order chi connectivity index (χ0) is 25.9. The van der Waals surface area contributed by atoms with E-state index < -0.39 is 60.2 Å². The highest BCUT2D eigenvalue weighted by Gasteiger charge is 2.34. The second kappa shape index (κ2) is 14.5. The van der Waals surface area contributed by atoms with Crippen LogP contribution in [0.1, 0.15) is 67.2 Å². The van der Waals surface area contributed by atoms with Crippen LogP contribution in [0.25, 0.3) is 0 Å². The predicted molar refractivity (Wildman–Crippen MR) is 122 cm³/mol. The summed E-state index contributed by atoms with van der Waals surface area (Å²) >= 11 is 0. The lowest BCUT2D eigenvalue weighted by Crippen LogP contribution is -2.59. The third kappa shape index (κ3) is 10.6. The molecule has 11 heteroatoms. The van der Waals surface area contributed by atoms with Gasteiger partial charge in [0, 0.05) is 0 Å². The normalized spacial score (nSPS) is 16.6. The van der Waals surface area contributed by atoms with Gasteiger partial charge in [0.25, 0.3) is 0 Å². The molecular weight excluding hydrogens is 432 g/mol. The van der Waals surface area contributed by atoms with Crippen molar-refractivity contribution in [1.29, 1.82) is 0 Å². The standard InChI is InChI=1S/C22H40N4O7/c1-7-12(5)17(23)20(30)24-14(10-16(27)28)19(29)26-18(13(6)8-2)21(31)25-15(22(32)33)9-11(3)4/h11-15,17-18H,7-10,23H2,1-6H3,(H,24,30)(H,25,31)(H,26,29)(H,27,28)(H,32,33). The van der Waals surface area contributed by atoms with Gasteiger partial charge in [-0.05, 0) is 24.2 Å². The summed E-state index contributed by atoms with van der Waals surface area (Å²) in [5, 5.41) is 25.9. The van der Waals surface area contributed by atoms with Crippen molar-refractivity contribution >= 4 is 29.7 Å². The molecule has 11 nitrogen and oxygen atoms in total. The van der Waals surface area contributed by atoms with Crippen molar-refractivity contribution in [3.63, 3.8) is 0 Å². The summed E-state index contributed by atoms with van der Waals surface area (Å²) in [6, 6.07) is -4.63. The predicted octanol–water partition coefficient (Wildman–Crippen LogP) is 0.466. The number of carboxylic acids is 2. The van der Waals surface area contributed by atoms with E-state index in [1.165, 1.54) is 0 Å². The van der Waals surface area contributed by atoms with Crippen molar-refractivity contribution in [3.05, 3.63) is 0 Å². The van der Waals surface area contributed by atoms with Crippen molar-refractivity contribution < 1.29 is 34.2 Å². The molecule has 0 aliphatic heterocycles. The summed E-state index contributed by atoms with van der Waals surface area (Å²) in [5.74, 6) is -5.30. The second-order valence-corrected chi connectivity index (χ2v) is 8.97. The summed E-state index contributed by atoms with van der Waals surface area (Å²) < 4.78 is 0. The Bertz CT molecular complexity index is 698.